The Morgan fingerprint density at radius 1 is 1.38 bits per heavy atom. The van der Waals surface area contributed by atoms with Gasteiger partial charge in [0.05, 0.1) is 0 Å². The van der Waals surface area contributed by atoms with Crippen LogP contribution in [0.5, 0.6) is 0 Å². The summed E-state index contributed by atoms with van der Waals surface area (Å²) in [5.41, 5.74) is 0. The van der Waals surface area contributed by atoms with Crippen LogP contribution in [0.3, 0.4) is 0 Å². The molecule has 0 aliphatic carbocycles. The van der Waals surface area contributed by atoms with Crippen molar-refractivity contribution in [2.75, 3.05) is 4.72 Å². The summed E-state index contributed by atoms with van der Waals surface area (Å²) < 4.78 is 26.7. The highest BCUT2D eigenvalue weighted by molar-refractivity contribution is 9.10. The normalized spacial score (nSPS) is 11.3. The first kappa shape index (κ1) is 11.2. The molecule has 5 nitrogen and oxygen atoms in total. The third-order valence-electron chi connectivity index (χ3n) is 1.84. The van der Waals surface area contributed by atoms with Crippen LogP contribution in [0.15, 0.2) is 46.2 Å². The number of H-pyrrole nitrogens is 1. The molecule has 0 bridgehead atoms. The molecule has 2 rings (SSSR count). The third-order valence-corrected chi connectivity index (χ3v) is 3.69. The van der Waals surface area contributed by atoms with E-state index < -0.39 is 10.0 Å². The second-order valence-corrected chi connectivity index (χ2v) is 5.61. The van der Waals surface area contributed by atoms with Gasteiger partial charge < -0.3 is 4.98 Å². The molecule has 0 aliphatic heterocycles. The first-order valence-electron chi connectivity index (χ1n) is 4.35. The molecule has 0 radical (unpaired) electrons. The summed E-state index contributed by atoms with van der Waals surface area (Å²) in [6, 6.07) is 4.78. The fraction of sp³-hybridized carbons (Fsp3) is 0. The molecule has 0 atom stereocenters. The van der Waals surface area contributed by atoms with Crippen LogP contribution in [-0.2, 0) is 10.0 Å². The number of anilines is 1. The van der Waals surface area contributed by atoms with Gasteiger partial charge in [0.2, 0.25) is 0 Å². The predicted molar refractivity (Wildman–Crippen MR) is 63.5 cm³/mol. The fourth-order valence-electron chi connectivity index (χ4n) is 1.13. The second-order valence-electron chi connectivity index (χ2n) is 3.01. The van der Waals surface area contributed by atoms with Crippen LogP contribution in [0.4, 0.5) is 5.82 Å². The summed E-state index contributed by atoms with van der Waals surface area (Å²) in [6.45, 7) is 0. The molecule has 7 heteroatoms. The number of nitrogens with zero attached hydrogens (tertiary/aromatic N) is 1. The highest BCUT2D eigenvalue weighted by Crippen LogP contribution is 2.16. The highest BCUT2D eigenvalue weighted by Gasteiger charge is 2.14. The van der Waals surface area contributed by atoms with E-state index >= 15 is 0 Å². The first-order chi connectivity index (χ1) is 7.58. The number of sulfonamides is 1. The minimum atomic E-state index is -3.55. The number of aromatic nitrogens is 2. The Balaban J connectivity index is 2.29. The van der Waals surface area contributed by atoms with Crippen LogP contribution in [-0.4, -0.2) is 18.4 Å². The zero-order chi connectivity index (χ0) is 11.6. The van der Waals surface area contributed by atoms with Crippen LogP contribution in [0.2, 0.25) is 0 Å². The summed E-state index contributed by atoms with van der Waals surface area (Å²) in [6.07, 6.45) is 4.46. The van der Waals surface area contributed by atoms with E-state index in [-0.39, 0.29) is 10.7 Å². The number of pyridine rings is 1. The Morgan fingerprint density at radius 2 is 2.19 bits per heavy atom. The van der Waals surface area contributed by atoms with Crippen molar-refractivity contribution in [1.82, 2.24) is 9.97 Å². The zero-order valence-electron chi connectivity index (χ0n) is 8.01. The maximum absolute atomic E-state index is 11.8. The van der Waals surface area contributed by atoms with E-state index in [4.69, 9.17) is 0 Å². The Hall–Kier alpha value is -1.34. The Labute approximate surface area is 101 Å². The van der Waals surface area contributed by atoms with E-state index in [2.05, 4.69) is 30.6 Å². The third kappa shape index (κ3) is 2.42. The summed E-state index contributed by atoms with van der Waals surface area (Å²) in [7, 11) is -3.55. The quantitative estimate of drug-likeness (QED) is 0.910. The van der Waals surface area contributed by atoms with Crippen molar-refractivity contribution in [3.05, 3.63) is 41.3 Å². The van der Waals surface area contributed by atoms with Crippen LogP contribution >= 0.6 is 15.9 Å². The Morgan fingerprint density at radius 3 is 2.81 bits per heavy atom. The predicted octanol–water partition coefficient (Wildman–Crippen LogP) is 1.97. The number of aromatic amines is 1. The molecule has 0 spiro atoms. The second kappa shape index (κ2) is 4.26. The molecule has 0 fully saturated rings. The highest BCUT2D eigenvalue weighted by atomic mass is 79.9. The van der Waals surface area contributed by atoms with Crippen molar-refractivity contribution in [2.24, 2.45) is 0 Å². The molecule has 16 heavy (non-hydrogen) atoms. The monoisotopic (exact) mass is 301 g/mol. The lowest BCUT2D eigenvalue weighted by molar-refractivity contribution is 0.601. The van der Waals surface area contributed by atoms with Gasteiger partial charge in [-0.05, 0) is 18.2 Å². The molecule has 0 aliphatic rings. The lowest BCUT2D eigenvalue weighted by atomic mass is 10.5. The SMILES string of the molecule is O=S(=O)(Nc1cc(Br)ccn1)c1cc[nH]c1. The molecule has 2 aromatic rings. The summed E-state index contributed by atoms with van der Waals surface area (Å²) in [4.78, 5) is 6.76. The molecule has 2 heterocycles. The smallest absolute Gasteiger partial charge is 0.264 e. The van der Waals surface area contributed by atoms with Crippen molar-refractivity contribution in [3.8, 4) is 0 Å². The molecule has 2 N–H and O–H groups in total. The van der Waals surface area contributed by atoms with Gasteiger partial charge in [0.1, 0.15) is 10.7 Å². The lowest BCUT2D eigenvalue weighted by Gasteiger charge is -2.05. The van der Waals surface area contributed by atoms with Crippen molar-refractivity contribution in [1.29, 1.82) is 0 Å². The molecule has 0 saturated carbocycles. The average molecular weight is 302 g/mol. The van der Waals surface area contributed by atoms with E-state index in [1.807, 2.05) is 0 Å². The molecule has 84 valence electrons. The van der Waals surface area contributed by atoms with Gasteiger partial charge in [0, 0.05) is 23.1 Å². The van der Waals surface area contributed by atoms with E-state index in [1.54, 1.807) is 18.3 Å². The lowest BCUT2D eigenvalue weighted by Crippen LogP contribution is -2.13. The fourth-order valence-corrected chi connectivity index (χ4v) is 2.44. The number of rotatable bonds is 3. The Kier molecular flexibility index (Phi) is 2.97. The van der Waals surface area contributed by atoms with Crippen LogP contribution in [0.25, 0.3) is 0 Å². The minimum absolute atomic E-state index is 0.175. The van der Waals surface area contributed by atoms with Gasteiger partial charge in [-0.2, -0.15) is 0 Å². The maximum Gasteiger partial charge on any atom is 0.264 e. The summed E-state index contributed by atoms with van der Waals surface area (Å²) in [5.74, 6) is 0.274. The molecular formula is C9H8BrN3O2S. The van der Waals surface area contributed by atoms with Gasteiger partial charge in [0.25, 0.3) is 10.0 Å². The topological polar surface area (TPSA) is 74.8 Å². The van der Waals surface area contributed by atoms with E-state index in [0.29, 0.717) is 0 Å². The van der Waals surface area contributed by atoms with Gasteiger partial charge in [-0.1, -0.05) is 15.9 Å². The number of hydrogen-bond acceptors (Lipinski definition) is 3. The number of nitrogens with one attached hydrogen (secondary N) is 2. The van der Waals surface area contributed by atoms with Gasteiger partial charge >= 0.3 is 0 Å². The maximum atomic E-state index is 11.8. The van der Waals surface area contributed by atoms with Crippen LogP contribution in [0.1, 0.15) is 0 Å². The summed E-state index contributed by atoms with van der Waals surface area (Å²) >= 11 is 3.24. The molecule has 0 saturated heterocycles. The van der Waals surface area contributed by atoms with Gasteiger partial charge in [-0.15, -0.1) is 0 Å². The van der Waals surface area contributed by atoms with Gasteiger partial charge in [-0.3, -0.25) is 4.72 Å². The van der Waals surface area contributed by atoms with Crippen molar-refractivity contribution in [2.45, 2.75) is 4.90 Å². The Bertz CT molecular complexity index is 581. The van der Waals surface area contributed by atoms with Crippen LogP contribution < -0.4 is 4.72 Å². The number of halogens is 1. The van der Waals surface area contributed by atoms with E-state index in [1.165, 1.54) is 18.5 Å². The van der Waals surface area contributed by atoms with E-state index in [9.17, 15) is 8.42 Å². The largest absolute Gasteiger partial charge is 0.366 e. The molecular weight excluding hydrogens is 294 g/mol. The first-order valence-corrected chi connectivity index (χ1v) is 6.63. The molecule has 0 aromatic carbocycles. The van der Waals surface area contributed by atoms with Crippen molar-refractivity contribution in [3.63, 3.8) is 0 Å². The molecule has 0 amide bonds. The average Bonchev–Trinajstić information content (AvgIpc) is 2.69. The van der Waals surface area contributed by atoms with Gasteiger partial charge in [0.15, 0.2) is 0 Å². The van der Waals surface area contributed by atoms with Crippen molar-refractivity contribution < 1.29 is 8.42 Å². The molecule has 2 aromatic heterocycles. The van der Waals surface area contributed by atoms with E-state index in [0.717, 1.165) is 4.47 Å². The van der Waals surface area contributed by atoms with Crippen LogP contribution in [0, 0.1) is 0 Å². The minimum Gasteiger partial charge on any atom is -0.366 e. The van der Waals surface area contributed by atoms with Gasteiger partial charge in [-0.25, -0.2) is 13.4 Å². The molecule has 0 unspecified atom stereocenters. The van der Waals surface area contributed by atoms with Crippen molar-refractivity contribution >= 4 is 31.8 Å². The number of hydrogen-bond donors (Lipinski definition) is 2. The summed E-state index contributed by atoms with van der Waals surface area (Å²) in [5, 5.41) is 0. The zero-order valence-corrected chi connectivity index (χ0v) is 10.4. The standard InChI is InChI=1S/C9H8BrN3O2S/c10-7-1-4-12-9(5-7)13-16(14,15)8-2-3-11-6-8/h1-6,11H,(H,12,13).